The van der Waals surface area contributed by atoms with E-state index in [1.165, 1.54) is 28.0 Å². The smallest absolute Gasteiger partial charge is 0.271 e. The standard InChI is InChI=1S/C27H19BrN2OS/c28-20-13-10-19(11-14-20)25-22-15-12-18-8-4-5-9-21(18)24(22)29-27-30(25)26(31)23(32-27)16-17-6-2-1-3-7-17/h1-11,13-14,16,25H,12,15H2/b23-16-/t25-/m0/s1. The van der Waals surface area contributed by atoms with Gasteiger partial charge < -0.3 is 0 Å². The Morgan fingerprint density at radius 3 is 2.50 bits per heavy atom. The molecule has 32 heavy (non-hydrogen) atoms. The number of nitrogens with zero attached hydrogens (tertiary/aromatic N) is 2. The zero-order chi connectivity index (χ0) is 21.7. The molecule has 1 aromatic heterocycles. The fourth-order valence-electron chi connectivity index (χ4n) is 4.67. The molecule has 1 aliphatic heterocycles. The van der Waals surface area contributed by atoms with Gasteiger partial charge in [0.15, 0.2) is 4.80 Å². The Morgan fingerprint density at radius 1 is 0.938 bits per heavy atom. The maximum atomic E-state index is 13.6. The van der Waals surface area contributed by atoms with Crippen LogP contribution in [0.3, 0.4) is 0 Å². The molecular formula is C27H19BrN2OS. The molecule has 0 saturated carbocycles. The van der Waals surface area contributed by atoms with Gasteiger partial charge in [-0.1, -0.05) is 94.0 Å². The second-order valence-corrected chi connectivity index (χ2v) is 10.0. The molecule has 0 amide bonds. The lowest BCUT2D eigenvalue weighted by molar-refractivity contribution is 0.585. The summed E-state index contributed by atoms with van der Waals surface area (Å²) >= 11 is 5.02. The monoisotopic (exact) mass is 498 g/mol. The number of hydrogen-bond acceptors (Lipinski definition) is 3. The van der Waals surface area contributed by atoms with E-state index in [9.17, 15) is 4.79 Å². The van der Waals surface area contributed by atoms with Crippen molar-refractivity contribution in [1.82, 2.24) is 4.57 Å². The minimum Gasteiger partial charge on any atom is -0.272 e. The summed E-state index contributed by atoms with van der Waals surface area (Å²) in [5.74, 6) is 0. The van der Waals surface area contributed by atoms with Gasteiger partial charge in [0.2, 0.25) is 0 Å². The second kappa shape index (κ2) is 7.84. The average Bonchev–Trinajstić information content (AvgIpc) is 3.13. The second-order valence-electron chi connectivity index (χ2n) is 8.08. The van der Waals surface area contributed by atoms with Crippen molar-refractivity contribution >= 4 is 39.0 Å². The highest BCUT2D eigenvalue weighted by Gasteiger charge is 2.32. The number of allylic oxidation sites excluding steroid dienone is 1. The van der Waals surface area contributed by atoms with Gasteiger partial charge in [-0.05, 0) is 53.3 Å². The zero-order valence-electron chi connectivity index (χ0n) is 17.2. The van der Waals surface area contributed by atoms with E-state index in [0.717, 1.165) is 38.9 Å². The molecule has 0 spiro atoms. The number of benzene rings is 3. The van der Waals surface area contributed by atoms with Crippen molar-refractivity contribution < 1.29 is 0 Å². The Balaban J connectivity index is 1.64. The van der Waals surface area contributed by atoms with Crippen molar-refractivity contribution in [2.45, 2.75) is 18.9 Å². The Bertz CT molecular complexity index is 1550. The van der Waals surface area contributed by atoms with E-state index in [0.29, 0.717) is 4.53 Å². The van der Waals surface area contributed by atoms with Crippen molar-refractivity contribution in [3.05, 3.63) is 131 Å². The molecule has 0 unspecified atom stereocenters. The minimum atomic E-state index is -0.138. The van der Waals surface area contributed by atoms with Gasteiger partial charge in [0.05, 0.1) is 16.3 Å². The Labute approximate surface area is 197 Å². The van der Waals surface area contributed by atoms with E-state index in [1.807, 2.05) is 53.1 Å². The van der Waals surface area contributed by atoms with Crippen molar-refractivity contribution in [3.63, 3.8) is 0 Å². The molecule has 3 nitrogen and oxygen atoms in total. The van der Waals surface area contributed by atoms with Crippen LogP contribution in [-0.2, 0) is 6.42 Å². The topological polar surface area (TPSA) is 34.4 Å². The van der Waals surface area contributed by atoms with Crippen LogP contribution in [-0.4, -0.2) is 4.57 Å². The van der Waals surface area contributed by atoms with E-state index < -0.39 is 0 Å². The molecule has 2 aliphatic rings. The largest absolute Gasteiger partial charge is 0.272 e. The predicted molar refractivity (Wildman–Crippen MR) is 133 cm³/mol. The molecule has 0 saturated heterocycles. The van der Waals surface area contributed by atoms with Crippen LogP contribution in [0.2, 0.25) is 0 Å². The highest BCUT2D eigenvalue weighted by molar-refractivity contribution is 9.10. The quantitative estimate of drug-likeness (QED) is 0.379. The number of halogens is 1. The van der Waals surface area contributed by atoms with Crippen LogP contribution in [0, 0.1) is 0 Å². The van der Waals surface area contributed by atoms with Crippen LogP contribution in [0.25, 0.3) is 11.8 Å². The normalized spacial score (nSPS) is 17.4. The van der Waals surface area contributed by atoms with Gasteiger partial charge >= 0.3 is 0 Å². The fraction of sp³-hybridized carbons (Fsp3) is 0.111. The van der Waals surface area contributed by atoms with Gasteiger partial charge in [-0.3, -0.25) is 9.36 Å². The van der Waals surface area contributed by atoms with Crippen LogP contribution in [0.15, 0.2) is 98.7 Å². The third kappa shape index (κ3) is 3.24. The molecule has 2 heterocycles. The van der Waals surface area contributed by atoms with Gasteiger partial charge in [-0.2, -0.15) is 0 Å². The van der Waals surface area contributed by atoms with Gasteiger partial charge in [0, 0.05) is 10.0 Å². The lowest BCUT2D eigenvalue weighted by Gasteiger charge is -2.30. The lowest BCUT2D eigenvalue weighted by atomic mass is 9.83. The molecule has 3 aromatic carbocycles. The van der Waals surface area contributed by atoms with Crippen molar-refractivity contribution in [1.29, 1.82) is 0 Å². The van der Waals surface area contributed by atoms with Crippen molar-refractivity contribution in [2.75, 3.05) is 0 Å². The van der Waals surface area contributed by atoms with Crippen molar-refractivity contribution in [2.24, 2.45) is 4.99 Å². The first-order valence-corrected chi connectivity index (χ1v) is 12.2. The van der Waals surface area contributed by atoms with E-state index in [1.54, 1.807) is 0 Å². The first-order chi connectivity index (χ1) is 15.7. The van der Waals surface area contributed by atoms with Gasteiger partial charge in [-0.15, -0.1) is 0 Å². The maximum absolute atomic E-state index is 13.6. The van der Waals surface area contributed by atoms with E-state index in [2.05, 4.69) is 52.3 Å². The summed E-state index contributed by atoms with van der Waals surface area (Å²) in [5.41, 5.74) is 6.94. The molecule has 4 aromatic rings. The summed E-state index contributed by atoms with van der Waals surface area (Å²) in [7, 11) is 0. The molecule has 1 aliphatic carbocycles. The van der Waals surface area contributed by atoms with E-state index in [4.69, 9.17) is 4.99 Å². The summed E-state index contributed by atoms with van der Waals surface area (Å²) < 4.78 is 3.64. The van der Waals surface area contributed by atoms with E-state index >= 15 is 0 Å². The first-order valence-electron chi connectivity index (χ1n) is 10.6. The first kappa shape index (κ1) is 19.6. The molecule has 0 bridgehead atoms. The Hall–Kier alpha value is -3.02. The van der Waals surface area contributed by atoms with Crippen LogP contribution in [0.5, 0.6) is 0 Å². The third-order valence-corrected chi connectivity index (χ3v) is 7.67. The summed E-state index contributed by atoms with van der Waals surface area (Å²) in [6, 6.07) is 26.7. The fourth-order valence-corrected chi connectivity index (χ4v) is 5.93. The number of aryl methyl sites for hydroxylation is 1. The SMILES string of the molecule is O=c1/c(=C/c2ccccc2)sc2n1[C@@H](c1ccc(Br)cc1)C1=C(N=2)c2ccccc2CC1. The third-order valence-electron chi connectivity index (χ3n) is 6.16. The summed E-state index contributed by atoms with van der Waals surface area (Å²) in [6.45, 7) is 0. The molecule has 6 rings (SSSR count). The van der Waals surface area contributed by atoms with Gasteiger partial charge in [-0.25, -0.2) is 4.99 Å². The minimum absolute atomic E-state index is 0.0240. The molecule has 0 N–H and O–H groups in total. The summed E-state index contributed by atoms with van der Waals surface area (Å²) in [5, 5.41) is 0. The average molecular weight is 499 g/mol. The van der Waals surface area contributed by atoms with Crippen LogP contribution in [0.4, 0.5) is 0 Å². The lowest BCUT2D eigenvalue weighted by Crippen LogP contribution is -2.38. The van der Waals surface area contributed by atoms with Gasteiger partial charge in [0.1, 0.15) is 0 Å². The highest BCUT2D eigenvalue weighted by atomic mass is 79.9. The number of aromatic nitrogens is 1. The number of rotatable bonds is 2. The molecular weight excluding hydrogens is 480 g/mol. The van der Waals surface area contributed by atoms with Crippen LogP contribution in [0.1, 0.15) is 34.7 Å². The van der Waals surface area contributed by atoms with E-state index in [-0.39, 0.29) is 11.6 Å². The number of fused-ring (bicyclic) bond motifs is 3. The molecule has 5 heteroatoms. The van der Waals surface area contributed by atoms with Gasteiger partial charge in [0.25, 0.3) is 5.56 Å². The Morgan fingerprint density at radius 2 is 1.69 bits per heavy atom. The molecule has 1 atom stereocenters. The maximum Gasteiger partial charge on any atom is 0.271 e. The highest BCUT2D eigenvalue weighted by Crippen LogP contribution is 2.41. The summed E-state index contributed by atoms with van der Waals surface area (Å²) in [4.78, 5) is 19.5. The zero-order valence-corrected chi connectivity index (χ0v) is 19.6. The Kier molecular flexibility index (Phi) is 4.81. The van der Waals surface area contributed by atoms with Crippen LogP contribution >= 0.6 is 27.3 Å². The summed E-state index contributed by atoms with van der Waals surface area (Å²) in [6.07, 6.45) is 3.84. The van der Waals surface area contributed by atoms with Crippen molar-refractivity contribution in [3.8, 4) is 0 Å². The predicted octanol–water partition coefficient (Wildman–Crippen LogP) is 5.08. The van der Waals surface area contributed by atoms with Crippen LogP contribution < -0.4 is 14.9 Å². The molecule has 0 fully saturated rings. The number of hydrogen-bond donors (Lipinski definition) is 0. The molecule has 156 valence electrons. The molecule has 0 radical (unpaired) electrons. The number of thiazole rings is 1.